The Morgan fingerprint density at radius 1 is 1.06 bits per heavy atom. The van der Waals surface area contributed by atoms with Crippen LogP contribution in [0.3, 0.4) is 0 Å². The molecule has 0 bridgehead atoms. The first kappa shape index (κ1) is 23.4. The lowest BCUT2D eigenvalue weighted by Gasteiger charge is -2.30. The molecular weight excluding hydrogens is 510 g/mol. The van der Waals surface area contributed by atoms with E-state index in [1.165, 1.54) is 15.9 Å². The number of carbonyl (C=O) groups excluding carboxylic acids is 1. The number of carbonyl (C=O) groups is 1. The van der Waals surface area contributed by atoms with E-state index in [9.17, 15) is 13.2 Å². The fourth-order valence-electron chi connectivity index (χ4n) is 4.02. The van der Waals surface area contributed by atoms with Gasteiger partial charge in [-0.2, -0.15) is 4.31 Å². The zero-order valence-electron chi connectivity index (χ0n) is 18.3. The number of aromatic nitrogens is 1. The predicted octanol–water partition coefficient (Wildman–Crippen LogP) is 6.03. The third-order valence-electron chi connectivity index (χ3n) is 5.91. The van der Waals surface area contributed by atoms with Crippen molar-refractivity contribution < 1.29 is 13.2 Å². The molecule has 5 rings (SSSR count). The van der Waals surface area contributed by atoms with E-state index in [4.69, 9.17) is 16.6 Å². The summed E-state index contributed by atoms with van der Waals surface area (Å²) in [6.45, 7) is 2.69. The Bertz CT molecular complexity index is 1450. The Morgan fingerprint density at radius 3 is 2.47 bits per heavy atom. The molecule has 3 heterocycles. The van der Waals surface area contributed by atoms with Crippen LogP contribution in [0.2, 0.25) is 4.34 Å². The highest BCUT2D eigenvalue weighted by Gasteiger charge is 2.33. The first-order valence-electron chi connectivity index (χ1n) is 10.8. The Balaban J connectivity index is 1.20. The topological polar surface area (TPSA) is 79.4 Å². The summed E-state index contributed by atoms with van der Waals surface area (Å²) in [5.74, 6) is -0.315. The second-order valence-electron chi connectivity index (χ2n) is 8.29. The van der Waals surface area contributed by atoms with Crippen LogP contribution >= 0.6 is 34.3 Å². The van der Waals surface area contributed by atoms with Gasteiger partial charge in [-0.05, 0) is 73.9 Å². The minimum atomic E-state index is -3.56. The summed E-state index contributed by atoms with van der Waals surface area (Å²) < 4.78 is 28.8. The van der Waals surface area contributed by atoms with Crippen molar-refractivity contribution in [3.63, 3.8) is 0 Å². The lowest BCUT2D eigenvalue weighted by atomic mass is 9.97. The molecule has 1 saturated heterocycles. The van der Waals surface area contributed by atoms with Crippen LogP contribution in [0.1, 0.15) is 18.4 Å². The number of anilines is 1. The van der Waals surface area contributed by atoms with E-state index in [-0.39, 0.29) is 16.0 Å². The second-order valence-corrected chi connectivity index (χ2v) is 13.2. The Labute approximate surface area is 211 Å². The normalized spacial score (nSPS) is 15.6. The van der Waals surface area contributed by atoms with Crippen LogP contribution in [0.5, 0.6) is 0 Å². The van der Waals surface area contributed by atoms with Crippen LogP contribution < -0.4 is 5.32 Å². The summed E-state index contributed by atoms with van der Waals surface area (Å²) in [7, 11) is -3.56. The van der Waals surface area contributed by atoms with Gasteiger partial charge in [0, 0.05) is 30.3 Å². The van der Waals surface area contributed by atoms with Crippen molar-refractivity contribution >= 4 is 66.1 Å². The summed E-state index contributed by atoms with van der Waals surface area (Å²) in [5, 5.41) is 3.92. The van der Waals surface area contributed by atoms with E-state index in [1.54, 1.807) is 17.4 Å². The van der Waals surface area contributed by atoms with Crippen LogP contribution in [0.15, 0.2) is 58.8 Å². The fraction of sp³-hybridized carbons (Fsp3) is 0.250. The number of hydrogen-bond donors (Lipinski definition) is 1. The molecule has 2 aromatic carbocycles. The van der Waals surface area contributed by atoms with Gasteiger partial charge < -0.3 is 5.32 Å². The maximum Gasteiger partial charge on any atom is 0.252 e. The van der Waals surface area contributed by atoms with Gasteiger partial charge in [0.05, 0.1) is 14.6 Å². The molecule has 6 nitrogen and oxygen atoms in total. The standard InChI is InChI=1S/C24H22ClN3O3S3/c1-15-2-7-19-20(14-15)32-24(27-19)17-3-5-18(6-4-17)26-23(29)16-10-12-28(13-11-16)34(30,31)22-9-8-21(25)33-22/h2-9,14,16H,10-13H2,1H3,(H,26,29). The van der Waals surface area contributed by atoms with Crippen molar-refractivity contribution in [2.75, 3.05) is 18.4 Å². The number of piperidine rings is 1. The highest BCUT2D eigenvalue weighted by atomic mass is 35.5. The summed E-state index contributed by atoms with van der Waals surface area (Å²) in [5.41, 5.74) is 3.91. The quantitative estimate of drug-likeness (QED) is 0.341. The number of aryl methyl sites for hydroxylation is 1. The van der Waals surface area contributed by atoms with Crippen molar-refractivity contribution in [3.05, 3.63) is 64.5 Å². The highest BCUT2D eigenvalue weighted by molar-refractivity contribution is 7.91. The van der Waals surface area contributed by atoms with Crippen molar-refractivity contribution in [3.8, 4) is 10.6 Å². The molecule has 0 unspecified atom stereocenters. The monoisotopic (exact) mass is 531 g/mol. The Hall–Kier alpha value is -2.30. The lowest BCUT2D eigenvalue weighted by Crippen LogP contribution is -2.41. The minimum Gasteiger partial charge on any atom is -0.326 e. The molecule has 0 atom stereocenters. The number of fused-ring (bicyclic) bond motifs is 1. The zero-order valence-corrected chi connectivity index (χ0v) is 21.5. The fourth-order valence-corrected chi connectivity index (χ4v) is 8.19. The van der Waals surface area contributed by atoms with Crippen molar-refractivity contribution in [1.29, 1.82) is 0 Å². The van der Waals surface area contributed by atoms with Crippen molar-refractivity contribution in [1.82, 2.24) is 9.29 Å². The molecule has 1 N–H and O–H groups in total. The van der Waals surface area contributed by atoms with Gasteiger partial charge >= 0.3 is 0 Å². The molecule has 0 aliphatic carbocycles. The summed E-state index contributed by atoms with van der Waals surface area (Å²) in [4.78, 5) is 17.5. The van der Waals surface area contributed by atoms with Crippen LogP contribution in [-0.2, 0) is 14.8 Å². The molecule has 10 heteroatoms. The van der Waals surface area contributed by atoms with Crippen LogP contribution in [0.25, 0.3) is 20.8 Å². The first-order valence-corrected chi connectivity index (χ1v) is 14.3. The number of nitrogens with one attached hydrogen (secondary N) is 1. The maximum atomic E-state index is 12.8. The van der Waals surface area contributed by atoms with E-state index >= 15 is 0 Å². The van der Waals surface area contributed by atoms with Gasteiger partial charge in [-0.25, -0.2) is 13.4 Å². The van der Waals surface area contributed by atoms with E-state index in [2.05, 4.69) is 24.4 Å². The van der Waals surface area contributed by atoms with Crippen LogP contribution in [0.4, 0.5) is 5.69 Å². The minimum absolute atomic E-state index is 0.0839. The molecule has 1 amide bonds. The molecule has 176 valence electrons. The number of hydrogen-bond acceptors (Lipinski definition) is 6. The average Bonchev–Trinajstić information content (AvgIpc) is 3.46. The smallest absolute Gasteiger partial charge is 0.252 e. The van der Waals surface area contributed by atoms with E-state index in [0.717, 1.165) is 32.1 Å². The number of sulfonamides is 1. The van der Waals surface area contributed by atoms with Gasteiger partial charge in [0.15, 0.2) is 0 Å². The van der Waals surface area contributed by atoms with Gasteiger partial charge in [0.25, 0.3) is 10.0 Å². The molecule has 4 aromatic rings. The largest absolute Gasteiger partial charge is 0.326 e. The number of amides is 1. The number of nitrogens with zero attached hydrogens (tertiary/aromatic N) is 2. The Morgan fingerprint density at radius 2 is 1.79 bits per heavy atom. The van der Waals surface area contributed by atoms with Crippen LogP contribution in [0, 0.1) is 12.8 Å². The van der Waals surface area contributed by atoms with Crippen molar-refractivity contribution in [2.24, 2.45) is 5.92 Å². The summed E-state index contributed by atoms with van der Waals surface area (Å²) in [6.07, 6.45) is 0.959. The molecule has 34 heavy (non-hydrogen) atoms. The molecule has 0 saturated carbocycles. The summed E-state index contributed by atoms with van der Waals surface area (Å²) >= 11 is 8.60. The van der Waals surface area contributed by atoms with Crippen LogP contribution in [-0.4, -0.2) is 36.7 Å². The predicted molar refractivity (Wildman–Crippen MR) is 139 cm³/mol. The number of benzene rings is 2. The van der Waals surface area contributed by atoms with E-state index < -0.39 is 10.0 Å². The van der Waals surface area contributed by atoms with E-state index in [0.29, 0.717) is 36.0 Å². The van der Waals surface area contributed by atoms with E-state index in [1.807, 2.05) is 30.3 Å². The SMILES string of the molecule is Cc1ccc2nc(-c3ccc(NC(=O)C4CCN(S(=O)(=O)c5ccc(Cl)s5)CC4)cc3)sc2c1. The maximum absolute atomic E-state index is 12.8. The zero-order chi connectivity index (χ0) is 23.9. The van der Waals surface area contributed by atoms with Crippen molar-refractivity contribution in [2.45, 2.75) is 24.0 Å². The van der Waals surface area contributed by atoms with Gasteiger partial charge in [0.2, 0.25) is 5.91 Å². The average molecular weight is 532 g/mol. The van der Waals surface area contributed by atoms with Gasteiger partial charge in [-0.1, -0.05) is 17.7 Å². The molecular formula is C24H22ClN3O3S3. The molecule has 1 aliphatic rings. The first-order chi connectivity index (χ1) is 16.3. The number of thiophene rings is 1. The lowest BCUT2D eigenvalue weighted by molar-refractivity contribution is -0.120. The third-order valence-corrected chi connectivity index (χ3v) is 10.6. The van der Waals surface area contributed by atoms with Gasteiger partial charge in [-0.15, -0.1) is 22.7 Å². The third kappa shape index (κ3) is 4.76. The Kier molecular flexibility index (Phi) is 6.47. The number of rotatable bonds is 5. The molecule has 2 aromatic heterocycles. The van der Waals surface area contributed by atoms with Gasteiger partial charge in [0.1, 0.15) is 9.22 Å². The number of thiazole rings is 1. The highest BCUT2D eigenvalue weighted by Crippen LogP contribution is 2.33. The number of halogens is 1. The van der Waals surface area contributed by atoms with Gasteiger partial charge in [-0.3, -0.25) is 4.79 Å². The second kappa shape index (κ2) is 9.39. The molecule has 0 radical (unpaired) electrons. The summed E-state index contributed by atoms with van der Waals surface area (Å²) in [6, 6.07) is 17.0. The molecule has 1 aliphatic heterocycles. The molecule has 1 fully saturated rings. The molecule has 0 spiro atoms.